The summed E-state index contributed by atoms with van der Waals surface area (Å²) < 4.78 is 7.00. The number of nitrogens with one attached hydrogen (secondary N) is 2. The number of anilines is 2. The van der Waals surface area contributed by atoms with Gasteiger partial charge in [-0.2, -0.15) is 10.1 Å². The first-order chi connectivity index (χ1) is 16.7. The van der Waals surface area contributed by atoms with Gasteiger partial charge in [0.2, 0.25) is 17.6 Å². The van der Waals surface area contributed by atoms with Crippen LogP contribution in [0.15, 0.2) is 52.0 Å². The molecule has 0 aliphatic carbocycles. The number of hydrogen-bond donors (Lipinski definition) is 2. The van der Waals surface area contributed by atoms with Crippen LogP contribution in [0.2, 0.25) is 0 Å². The Morgan fingerprint density at radius 3 is 2.43 bits per heavy atom. The maximum Gasteiger partial charge on any atom is 0.264 e. The van der Waals surface area contributed by atoms with E-state index in [9.17, 15) is 9.59 Å². The van der Waals surface area contributed by atoms with Gasteiger partial charge in [0, 0.05) is 18.2 Å². The maximum atomic E-state index is 12.8. The molecule has 0 unspecified atom stereocenters. The minimum absolute atomic E-state index is 0.116. The lowest BCUT2D eigenvalue weighted by Crippen LogP contribution is -2.22. The van der Waals surface area contributed by atoms with Crippen molar-refractivity contribution in [3.63, 3.8) is 0 Å². The van der Waals surface area contributed by atoms with E-state index in [-0.39, 0.29) is 24.2 Å². The highest BCUT2D eigenvalue weighted by molar-refractivity contribution is 7.98. The summed E-state index contributed by atoms with van der Waals surface area (Å²) in [4.78, 5) is 29.4. The van der Waals surface area contributed by atoms with E-state index in [4.69, 9.17) is 4.52 Å². The van der Waals surface area contributed by atoms with Crippen LogP contribution in [0.5, 0.6) is 0 Å². The van der Waals surface area contributed by atoms with Gasteiger partial charge in [-0.1, -0.05) is 41.1 Å². The topological polar surface area (TPSA) is 115 Å². The first-order valence-corrected chi connectivity index (χ1v) is 12.2. The van der Waals surface area contributed by atoms with Crippen molar-refractivity contribution in [3.05, 3.63) is 59.2 Å². The largest absolute Gasteiger partial charge is 0.333 e. The minimum Gasteiger partial charge on any atom is -0.333 e. The van der Waals surface area contributed by atoms with Crippen molar-refractivity contribution >= 4 is 35.1 Å². The van der Waals surface area contributed by atoms with Crippen LogP contribution in [0.3, 0.4) is 0 Å². The molecule has 0 aliphatic heterocycles. The Labute approximate surface area is 207 Å². The Balaban J connectivity index is 1.67. The van der Waals surface area contributed by atoms with E-state index in [1.165, 1.54) is 23.4 Å². The van der Waals surface area contributed by atoms with Gasteiger partial charge < -0.3 is 15.2 Å². The Kier molecular flexibility index (Phi) is 7.02. The highest BCUT2D eigenvalue weighted by atomic mass is 32.2. The van der Waals surface area contributed by atoms with Crippen molar-refractivity contribution in [1.29, 1.82) is 0 Å². The first kappa shape index (κ1) is 24.2. The van der Waals surface area contributed by atoms with Crippen LogP contribution in [-0.4, -0.2) is 38.0 Å². The quantitative estimate of drug-likeness (QED) is 0.356. The minimum atomic E-state index is -0.312. The van der Waals surface area contributed by atoms with Crippen LogP contribution >= 0.6 is 11.8 Å². The molecule has 2 heterocycles. The van der Waals surface area contributed by atoms with Gasteiger partial charge in [-0.05, 0) is 50.3 Å². The van der Waals surface area contributed by atoms with Gasteiger partial charge in [0.1, 0.15) is 23.0 Å². The van der Waals surface area contributed by atoms with E-state index in [1.807, 2.05) is 69.5 Å². The molecule has 0 radical (unpaired) electrons. The number of thioether (sulfide) groups is 1. The van der Waals surface area contributed by atoms with E-state index in [1.54, 1.807) is 0 Å². The Bertz CT molecular complexity index is 1390. The monoisotopic (exact) mass is 490 g/mol. The SMILES string of the molecule is CSc1nn(CC(=O)Nc2ccc(C)c(C)c2)c(NC(C)=O)c1-c1nc(-c2ccc(C)cc2)no1. The smallest absolute Gasteiger partial charge is 0.264 e. The van der Waals surface area contributed by atoms with Crippen LogP contribution < -0.4 is 10.6 Å². The fourth-order valence-corrected chi connectivity index (χ4v) is 4.05. The number of rotatable bonds is 7. The van der Waals surface area contributed by atoms with E-state index >= 15 is 0 Å². The molecule has 0 fully saturated rings. The molecule has 0 saturated heterocycles. The van der Waals surface area contributed by atoms with Gasteiger partial charge in [-0.25, -0.2) is 4.68 Å². The molecule has 2 N–H and O–H groups in total. The summed E-state index contributed by atoms with van der Waals surface area (Å²) in [6.45, 7) is 7.27. The fourth-order valence-electron chi connectivity index (χ4n) is 3.48. The number of nitrogens with zero attached hydrogens (tertiary/aromatic N) is 4. The third-order valence-electron chi connectivity index (χ3n) is 5.44. The summed E-state index contributed by atoms with van der Waals surface area (Å²) in [6, 6.07) is 13.5. The molecule has 0 saturated carbocycles. The predicted octanol–water partition coefficient (Wildman–Crippen LogP) is 4.84. The number of benzene rings is 2. The Hall–Kier alpha value is -3.92. The molecule has 10 heteroatoms. The molecule has 35 heavy (non-hydrogen) atoms. The number of carbonyl (C=O) groups is 2. The molecule has 4 aromatic rings. The lowest BCUT2D eigenvalue weighted by atomic mass is 10.1. The van der Waals surface area contributed by atoms with E-state index < -0.39 is 0 Å². The van der Waals surface area contributed by atoms with Crippen LogP contribution in [-0.2, 0) is 16.1 Å². The summed E-state index contributed by atoms with van der Waals surface area (Å²) in [7, 11) is 0. The van der Waals surface area contributed by atoms with Crippen molar-refractivity contribution in [3.8, 4) is 22.8 Å². The lowest BCUT2D eigenvalue weighted by Gasteiger charge is -2.10. The molecule has 2 aromatic carbocycles. The lowest BCUT2D eigenvalue weighted by molar-refractivity contribution is -0.117. The van der Waals surface area contributed by atoms with Crippen molar-refractivity contribution in [2.24, 2.45) is 0 Å². The van der Waals surface area contributed by atoms with E-state index in [2.05, 4.69) is 25.9 Å². The summed E-state index contributed by atoms with van der Waals surface area (Å²) >= 11 is 1.35. The third kappa shape index (κ3) is 5.43. The van der Waals surface area contributed by atoms with E-state index in [0.29, 0.717) is 27.9 Å². The Morgan fingerprint density at radius 1 is 1.03 bits per heavy atom. The molecule has 180 valence electrons. The highest BCUT2D eigenvalue weighted by Gasteiger charge is 2.26. The predicted molar refractivity (Wildman–Crippen MR) is 136 cm³/mol. The van der Waals surface area contributed by atoms with Crippen LogP contribution in [0.1, 0.15) is 23.6 Å². The van der Waals surface area contributed by atoms with Gasteiger partial charge in [0.05, 0.1) is 0 Å². The summed E-state index contributed by atoms with van der Waals surface area (Å²) in [5.41, 5.74) is 5.30. The number of aryl methyl sites for hydroxylation is 3. The molecule has 0 bridgehead atoms. The first-order valence-electron chi connectivity index (χ1n) is 11.0. The van der Waals surface area contributed by atoms with Gasteiger partial charge >= 0.3 is 0 Å². The average molecular weight is 491 g/mol. The van der Waals surface area contributed by atoms with Gasteiger partial charge in [0.15, 0.2) is 0 Å². The summed E-state index contributed by atoms with van der Waals surface area (Å²) in [5.74, 6) is 0.340. The normalized spacial score (nSPS) is 10.9. The fraction of sp³-hybridized carbons (Fsp3) is 0.240. The van der Waals surface area contributed by atoms with Crippen LogP contribution in [0.25, 0.3) is 22.8 Å². The molecule has 0 spiro atoms. The van der Waals surface area contributed by atoms with Crippen molar-refractivity contribution < 1.29 is 14.1 Å². The highest BCUT2D eigenvalue weighted by Crippen LogP contribution is 2.36. The van der Waals surface area contributed by atoms with Crippen LogP contribution in [0.4, 0.5) is 11.5 Å². The number of hydrogen-bond acceptors (Lipinski definition) is 7. The molecular weight excluding hydrogens is 464 g/mol. The molecular formula is C25H26N6O3S. The number of carbonyl (C=O) groups excluding carboxylic acids is 2. The standard InChI is InChI=1S/C25H26N6O3S/c1-14-6-9-18(10-7-14)22-28-24(34-30-22)21-23(26-17(4)32)31(29-25(21)35-5)13-20(33)27-19-11-8-15(2)16(3)12-19/h6-12H,13H2,1-5H3,(H,26,32)(H,27,33). The zero-order valence-electron chi connectivity index (χ0n) is 20.2. The number of aromatic nitrogens is 4. The number of amides is 2. The summed E-state index contributed by atoms with van der Waals surface area (Å²) in [6.07, 6.45) is 1.85. The second-order valence-corrected chi connectivity index (χ2v) is 9.00. The Morgan fingerprint density at radius 2 is 1.77 bits per heavy atom. The zero-order chi connectivity index (χ0) is 25.1. The second kappa shape index (κ2) is 10.1. The third-order valence-corrected chi connectivity index (χ3v) is 6.11. The molecule has 9 nitrogen and oxygen atoms in total. The van der Waals surface area contributed by atoms with Crippen molar-refractivity contribution in [2.75, 3.05) is 16.9 Å². The molecule has 2 amide bonds. The van der Waals surface area contributed by atoms with E-state index in [0.717, 1.165) is 22.3 Å². The van der Waals surface area contributed by atoms with Crippen molar-refractivity contribution in [1.82, 2.24) is 19.9 Å². The maximum absolute atomic E-state index is 12.8. The zero-order valence-corrected chi connectivity index (χ0v) is 21.0. The molecule has 0 atom stereocenters. The molecule has 4 rings (SSSR count). The van der Waals surface area contributed by atoms with Crippen molar-refractivity contribution in [2.45, 2.75) is 39.3 Å². The average Bonchev–Trinajstić information content (AvgIpc) is 3.41. The van der Waals surface area contributed by atoms with Gasteiger partial charge in [0.25, 0.3) is 5.89 Å². The molecule has 2 aromatic heterocycles. The van der Waals surface area contributed by atoms with Crippen LogP contribution in [0, 0.1) is 20.8 Å². The van der Waals surface area contributed by atoms with Gasteiger partial charge in [-0.15, -0.1) is 11.8 Å². The van der Waals surface area contributed by atoms with Gasteiger partial charge in [-0.3, -0.25) is 9.59 Å². The molecule has 0 aliphatic rings. The second-order valence-electron chi connectivity index (χ2n) is 8.21. The summed E-state index contributed by atoms with van der Waals surface area (Å²) in [5, 5.41) is 14.9.